The fourth-order valence-electron chi connectivity index (χ4n) is 2.04. The topological polar surface area (TPSA) is 62.1 Å². The molecule has 4 nitrogen and oxygen atoms in total. The maximum atomic E-state index is 12.1. The third-order valence-electron chi connectivity index (χ3n) is 3.39. The number of nitrogens with one attached hydrogen (secondary N) is 1. The molecule has 1 unspecified atom stereocenters. The van der Waals surface area contributed by atoms with E-state index in [0.29, 0.717) is 17.9 Å². The number of benzene rings is 2. The Labute approximate surface area is 130 Å². The highest BCUT2D eigenvalue weighted by Gasteiger charge is 2.16. The first-order valence-electron chi connectivity index (χ1n) is 7.10. The Morgan fingerprint density at radius 3 is 2.64 bits per heavy atom. The van der Waals surface area contributed by atoms with Crippen molar-refractivity contribution in [3.8, 4) is 11.8 Å². The van der Waals surface area contributed by atoms with E-state index in [1.807, 2.05) is 37.3 Å². The van der Waals surface area contributed by atoms with Gasteiger partial charge < -0.3 is 10.1 Å². The Morgan fingerprint density at radius 1 is 1.23 bits per heavy atom. The smallest absolute Gasteiger partial charge is 0.261 e. The Bertz CT molecular complexity index is 704. The number of amides is 1. The van der Waals surface area contributed by atoms with Crippen LogP contribution in [0.5, 0.6) is 5.75 Å². The van der Waals surface area contributed by atoms with Crippen LogP contribution in [0.3, 0.4) is 0 Å². The quantitative estimate of drug-likeness (QED) is 0.922. The summed E-state index contributed by atoms with van der Waals surface area (Å²) in [5.41, 5.74) is 2.62. The van der Waals surface area contributed by atoms with Crippen molar-refractivity contribution < 1.29 is 9.53 Å². The Kier molecular flexibility index (Phi) is 5.16. The minimum atomic E-state index is -0.668. The Balaban J connectivity index is 1.95. The lowest BCUT2D eigenvalue weighted by Crippen LogP contribution is -2.36. The summed E-state index contributed by atoms with van der Waals surface area (Å²) in [6.45, 7) is 4.13. The molecule has 0 bridgehead atoms. The summed E-state index contributed by atoms with van der Waals surface area (Å²) in [6.07, 6.45) is -0.668. The van der Waals surface area contributed by atoms with Crippen LogP contribution >= 0.6 is 0 Å². The molecule has 1 amide bonds. The second kappa shape index (κ2) is 7.28. The molecule has 0 saturated carbocycles. The molecule has 0 fully saturated rings. The first-order valence-corrected chi connectivity index (χ1v) is 7.10. The lowest BCUT2D eigenvalue weighted by Gasteiger charge is -2.16. The van der Waals surface area contributed by atoms with Gasteiger partial charge in [0.1, 0.15) is 11.8 Å². The van der Waals surface area contributed by atoms with Crippen molar-refractivity contribution in [2.75, 3.05) is 0 Å². The first-order chi connectivity index (χ1) is 10.6. The standard InChI is InChI=1S/C18H18N2O2/c1-13-7-3-4-9-16(13)12-20-18(21)14(2)22-17-10-6-5-8-15(17)11-19/h3-10,14H,12H2,1-2H3,(H,20,21). The van der Waals surface area contributed by atoms with Gasteiger partial charge in [0.25, 0.3) is 5.91 Å². The van der Waals surface area contributed by atoms with Gasteiger partial charge >= 0.3 is 0 Å². The molecule has 1 N–H and O–H groups in total. The molecule has 4 heteroatoms. The summed E-state index contributed by atoms with van der Waals surface area (Å²) in [5, 5.41) is 11.9. The third kappa shape index (κ3) is 3.86. The lowest BCUT2D eigenvalue weighted by atomic mass is 10.1. The van der Waals surface area contributed by atoms with Crippen LogP contribution in [0.25, 0.3) is 0 Å². The van der Waals surface area contributed by atoms with Gasteiger partial charge in [0.2, 0.25) is 0 Å². The molecule has 22 heavy (non-hydrogen) atoms. The van der Waals surface area contributed by atoms with E-state index in [1.165, 1.54) is 0 Å². The number of aryl methyl sites for hydroxylation is 1. The van der Waals surface area contributed by atoms with Gasteiger partial charge in [-0.2, -0.15) is 5.26 Å². The van der Waals surface area contributed by atoms with E-state index in [1.54, 1.807) is 31.2 Å². The molecule has 0 aromatic heterocycles. The molecule has 112 valence electrons. The molecule has 2 rings (SSSR count). The maximum Gasteiger partial charge on any atom is 0.261 e. The molecule has 0 aliphatic carbocycles. The number of hydrogen-bond donors (Lipinski definition) is 1. The molecular weight excluding hydrogens is 276 g/mol. The molecule has 0 heterocycles. The molecule has 0 spiro atoms. The second-order valence-electron chi connectivity index (χ2n) is 5.01. The zero-order chi connectivity index (χ0) is 15.9. The highest BCUT2D eigenvalue weighted by molar-refractivity contribution is 5.80. The van der Waals surface area contributed by atoms with Crippen LogP contribution in [0.1, 0.15) is 23.6 Å². The molecule has 1 atom stereocenters. The summed E-state index contributed by atoms with van der Waals surface area (Å²) in [6, 6.07) is 16.8. The van der Waals surface area contributed by atoms with E-state index in [4.69, 9.17) is 10.00 Å². The Morgan fingerprint density at radius 2 is 1.91 bits per heavy atom. The van der Waals surface area contributed by atoms with E-state index in [2.05, 4.69) is 5.32 Å². The van der Waals surface area contributed by atoms with E-state index < -0.39 is 6.10 Å². The van der Waals surface area contributed by atoms with Gasteiger partial charge in [-0.25, -0.2) is 0 Å². The minimum Gasteiger partial charge on any atom is -0.480 e. The van der Waals surface area contributed by atoms with Crippen LogP contribution in [0.2, 0.25) is 0 Å². The Hall–Kier alpha value is -2.80. The zero-order valence-corrected chi connectivity index (χ0v) is 12.7. The molecule has 2 aromatic carbocycles. The number of nitrogens with zero attached hydrogens (tertiary/aromatic N) is 1. The zero-order valence-electron chi connectivity index (χ0n) is 12.7. The highest BCUT2D eigenvalue weighted by Crippen LogP contribution is 2.18. The number of ether oxygens (including phenoxy) is 1. The number of rotatable bonds is 5. The largest absolute Gasteiger partial charge is 0.480 e. The van der Waals surface area contributed by atoms with Gasteiger partial charge in [0, 0.05) is 6.54 Å². The normalized spacial score (nSPS) is 11.3. The van der Waals surface area contributed by atoms with Crippen LogP contribution < -0.4 is 10.1 Å². The van der Waals surface area contributed by atoms with E-state index in [0.717, 1.165) is 11.1 Å². The van der Waals surface area contributed by atoms with Gasteiger partial charge in [-0.3, -0.25) is 4.79 Å². The van der Waals surface area contributed by atoms with Crippen LogP contribution in [0.4, 0.5) is 0 Å². The summed E-state index contributed by atoms with van der Waals surface area (Å²) < 4.78 is 5.58. The van der Waals surface area contributed by atoms with E-state index >= 15 is 0 Å². The van der Waals surface area contributed by atoms with Crippen LogP contribution in [-0.2, 0) is 11.3 Å². The van der Waals surface area contributed by atoms with Gasteiger partial charge in [0.05, 0.1) is 5.56 Å². The summed E-state index contributed by atoms with van der Waals surface area (Å²) in [7, 11) is 0. The van der Waals surface area contributed by atoms with Crippen molar-refractivity contribution >= 4 is 5.91 Å². The average Bonchev–Trinajstić information content (AvgIpc) is 2.54. The highest BCUT2D eigenvalue weighted by atomic mass is 16.5. The van der Waals surface area contributed by atoms with Crippen molar-refractivity contribution in [1.29, 1.82) is 5.26 Å². The number of hydrogen-bond acceptors (Lipinski definition) is 3. The minimum absolute atomic E-state index is 0.212. The van der Waals surface area contributed by atoms with E-state index in [-0.39, 0.29) is 5.91 Å². The number of carbonyl (C=O) groups excluding carboxylic acids is 1. The maximum absolute atomic E-state index is 12.1. The molecular formula is C18H18N2O2. The summed E-state index contributed by atoms with van der Waals surface area (Å²) in [5.74, 6) is 0.208. The predicted molar refractivity (Wildman–Crippen MR) is 84.3 cm³/mol. The summed E-state index contributed by atoms with van der Waals surface area (Å²) >= 11 is 0. The van der Waals surface area contributed by atoms with Crippen molar-refractivity contribution in [2.24, 2.45) is 0 Å². The second-order valence-corrected chi connectivity index (χ2v) is 5.01. The van der Waals surface area contributed by atoms with Gasteiger partial charge in [-0.1, -0.05) is 36.4 Å². The molecule has 0 aliphatic rings. The predicted octanol–water partition coefficient (Wildman–Crippen LogP) is 2.95. The monoisotopic (exact) mass is 294 g/mol. The average molecular weight is 294 g/mol. The van der Waals surface area contributed by atoms with Crippen LogP contribution in [0, 0.1) is 18.3 Å². The number of carbonyl (C=O) groups is 1. The van der Waals surface area contributed by atoms with Crippen molar-refractivity contribution in [1.82, 2.24) is 5.32 Å². The van der Waals surface area contributed by atoms with Crippen molar-refractivity contribution in [3.05, 3.63) is 65.2 Å². The van der Waals surface area contributed by atoms with Gasteiger partial charge in [0.15, 0.2) is 6.10 Å². The summed E-state index contributed by atoms with van der Waals surface area (Å²) in [4.78, 5) is 12.1. The van der Waals surface area contributed by atoms with Crippen molar-refractivity contribution in [3.63, 3.8) is 0 Å². The molecule has 0 radical (unpaired) electrons. The van der Waals surface area contributed by atoms with Gasteiger partial charge in [-0.15, -0.1) is 0 Å². The fraction of sp³-hybridized carbons (Fsp3) is 0.222. The van der Waals surface area contributed by atoms with Crippen LogP contribution in [0.15, 0.2) is 48.5 Å². The fourth-order valence-corrected chi connectivity index (χ4v) is 2.04. The van der Waals surface area contributed by atoms with Crippen molar-refractivity contribution in [2.45, 2.75) is 26.5 Å². The number of nitriles is 1. The molecule has 0 aliphatic heterocycles. The van der Waals surface area contributed by atoms with Gasteiger partial charge in [-0.05, 0) is 37.1 Å². The van der Waals surface area contributed by atoms with Crippen LogP contribution in [-0.4, -0.2) is 12.0 Å². The lowest BCUT2D eigenvalue weighted by molar-refractivity contribution is -0.127. The number of para-hydroxylation sites is 1. The molecule has 2 aromatic rings. The third-order valence-corrected chi connectivity index (χ3v) is 3.39. The first kappa shape index (κ1) is 15.6. The molecule has 0 saturated heterocycles. The van der Waals surface area contributed by atoms with E-state index in [9.17, 15) is 4.79 Å². The SMILES string of the molecule is Cc1ccccc1CNC(=O)C(C)Oc1ccccc1C#N.